The fourth-order valence-electron chi connectivity index (χ4n) is 3.75. The van der Waals surface area contributed by atoms with Gasteiger partial charge in [-0.2, -0.15) is 0 Å². The molecular formula is C18H28N2O. The van der Waals surface area contributed by atoms with Crippen LogP contribution in [0.3, 0.4) is 0 Å². The van der Waals surface area contributed by atoms with Crippen LogP contribution in [0.2, 0.25) is 0 Å². The Hall–Kier alpha value is -1.22. The highest BCUT2D eigenvalue weighted by molar-refractivity contribution is 5.55. The fraction of sp³-hybridized carbons (Fsp3) is 0.667. The number of hydrogen-bond acceptors (Lipinski definition) is 3. The van der Waals surface area contributed by atoms with Gasteiger partial charge in [0.15, 0.2) is 0 Å². The van der Waals surface area contributed by atoms with E-state index in [4.69, 9.17) is 0 Å². The Morgan fingerprint density at radius 2 is 1.62 bits per heavy atom. The van der Waals surface area contributed by atoms with Gasteiger partial charge in [-0.3, -0.25) is 0 Å². The molecule has 0 atom stereocenters. The molecule has 2 fully saturated rings. The molecule has 1 aromatic carbocycles. The summed E-state index contributed by atoms with van der Waals surface area (Å²) in [4.78, 5) is 2.46. The molecule has 1 aliphatic heterocycles. The lowest BCUT2D eigenvalue weighted by Crippen LogP contribution is -2.35. The van der Waals surface area contributed by atoms with Crippen LogP contribution in [-0.2, 0) is 0 Å². The SMILES string of the molecule is OCC1(CNc2ccc(N3CCCC3)cc2)CCCCC1. The predicted octanol–water partition coefficient (Wildman–Crippen LogP) is 3.64. The largest absolute Gasteiger partial charge is 0.396 e. The third-order valence-corrected chi connectivity index (χ3v) is 5.26. The normalized spacial score (nSPS) is 21.5. The first-order valence-corrected chi connectivity index (χ1v) is 8.51. The summed E-state index contributed by atoms with van der Waals surface area (Å²) in [5.41, 5.74) is 2.62. The summed E-state index contributed by atoms with van der Waals surface area (Å²) in [7, 11) is 0. The molecular weight excluding hydrogens is 260 g/mol. The average Bonchev–Trinajstić information content (AvgIpc) is 3.09. The summed E-state index contributed by atoms with van der Waals surface area (Å²) in [6, 6.07) is 8.81. The topological polar surface area (TPSA) is 35.5 Å². The van der Waals surface area contributed by atoms with E-state index in [1.807, 2.05) is 0 Å². The summed E-state index contributed by atoms with van der Waals surface area (Å²) in [5, 5.41) is 13.3. The second kappa shape index (κ2) is 6.69. The number of aliphatic hydroxyl groups excluding tert-OH is 1. The van der Waals surface area contributed by atoms with Gasteiger partial charge in [-0.25, -0.2) is 0 Å². The molecule has 1 aliphatic carbocycles. The summed E-state index contributed by atoms with van der Waals surface area (Å²) in [6.45, 7) is 3.60. The molecule has 1 heterocycles. The zero-order valence-electron chi connectivity index (χ0n) is 13.0. The van der Waals surface area contributed by atoms with Crippen molar-refractivity contribution in [1.29, 1.82) is 0 Å². The highest BCUT2D eigenvalue weighted by Gasteiger charge is 2.31. The zero-order chi connectivity index (χ0) is 14.5. The second-order valence-corrected chi connectivity index (χ2v) is 6.81. The molecule has 2 N–H and O–H groups in total. The summed E-state index contributed by atoms with van der Waals surface area (Å²) in [6.07, 6.45) is 8.79. The number of nitrogens with zero attached hydrogens (tertiary/aromatic N) is 1. The van der Waals surface area contributed by atoms with E-state index in [9.17, 15) is 5.11 Å². The van der Waals surface area contributed by atoms with E-state index in [2.05, 4.69) is 34.5 Å². The van der Waals surface area contributed by atoms with Crippen LogP contribution in [0.5, 0.6) is 0 Å². The van der Waals surface area contributed by atoms with Gasteiger partial charge in [-0.05, 0) is 49.9 Å². The van der Waals surface area contributed by atoms with Crippen LogP contribution in [0.25, 0.3) is 0 Å². The quantitative estimate of drug-likeness (QED) is 0.868. The van der Waals surface area contributed by atoms with Crippen molar-refractivity contribution >= 4 is 11.4 Å². The first-order valence-electron chi connectivity index (χ1n) is 8.51. The van der Waals surface area contributed by atoms with Gasteiger partial charge in [0.2, 0.25) is 0 Å². The molecule has 1 saturated carbocycles. The standard InChI is InChI=1S/C18H28N2O/c21-15-18(10-2-1-3-11-18)14-19-16-6-8-17(9-7-16)20-12-4-5-13-20/h6-9,19,21H,1-5,10-15H2. The van der Waals surface area contributed by atoms with Crippen molar-refractivity contribution in [2.75, 3.05) is 36.5 Å². The van der Waals surface area contributed by atoms with E-state index in [1.54, 1.807) is 0 Å². The smallest absolute Gasteiger partial charge is 0.0504 e. The molecule has 3 heteroatoms. The lowest BCUT2D eigenvalue weighted by Gasteiger charge is -2.36. The van der Waals surface area contributed by atoms with Gasteiger partial charge in [0.05, 0.1) is 6.61 Å². The number of rotatable bonds is 5. The van der Waals surface area contributed by atoms with Crippen molar-refractivity contribution in [1.82, 2.24) is 0 Å². The predicted molar refractivity (Wildman–Crippen MR) is 89.0 cm³/mol. The summed E-state index contributed by atoms with van der Waals surface area (Å²) in [5.74, 6) is 0. The third kappa shape index (κ3) is 3.52. The zero-order valence-corrected chi connectivity index (χ0v) is 13.0. The summed E-state index contributed by atoms with van der Waals surface area (Å²) >= 11 is 0. The third-order valence-electron chi connectivity index (χ3n) is 5.26. The maximum absolute atomic E-state index is 9.76. The van der Waals surface area contributed by atoms with Crippen LogP contribution in [0.1, 0.15) is 44.9 Å². The van der Waals surface area contributed by atoms with Gasteiger partial charge in [0.25, 0.3) is 0 Å². The highest BCUT2D eigenvalue weighted by Crippen LogP contribution is 2.36. The number of anilines is 2. The van der Waals surface area contributed by atoms with E-state index >= 15 is 0 Å². The van der Waals surface area contributed by atoms with Crippen LogP contribution in [0.4, 0.5) is 11.4 Å². The van der Waals surface area contributed by atoms with Gasteiger partial charge in [0, 0.05) is 36.4 Å². The van der Waals surface area contributed by atoms with E-state index in [0.29, 0.717) is 6.61 Å². The van der Waals surface area contributed by atoms with Crippen molar-refractivity contribution in [2.24, 2.45) is 5.41 Å². The molecule has 1 saturated heterocycles. The van der Waals surface area contributed by atoms with Crippen LogP contribution in [0, 0.1) is 5.41 Å². The van der Waals surface area contributed by atoms with Gasteiger partial charge in [-0.15, -0.1) is 0 Å². The Bertz CT molecular complexity index is 431. The van der Waals surface area contributed by atoms with E-state index < -0.39 is 0 Å². The first-order chi connectivity index (χ1) is 10.3. The van der Waals surface area contributed by atoms with Crippen LogP contribution < -0.4 is 10.2 Å². The first kappa shape index (κ1) is 14.7. The molecule has 0 aromatic heterocycles. The highest BCUT2D eigenvalue weighted by atomic mass is 16.3. The van der Waals surface area contributed by atoms with Gasteiger partial charge >= 0.3 is 0 Å². The maximum Gasteiger partial charge on any atom is 0.0504 e. The van der Waals surface area contributed by atoms with Crippen molar-refractivity contribution in [3.05, 3.63) is 24.3 Å². The molecule has 0 spiro atoms. The minimum absolute atomic E-state index is 0.103. The maximum atomic E-state index is 9.76. The second-order valence-electron chi connectivity index (χ2n) is 6.81. The molecule has 0 radical (unpaired) electrons. The number of nitrogens with one attached hydrogen (secondary N) is 1. The molecule has 2 aliphatic rings. The number of aliphatic hydroxyl groups is 1. The Kier molecular flexibility index (Phi) is 4.69. The van der Waals surface area contributed by atoms with E-state index in [0.717, 1.165) is 19.4 Å². The lowest BCUT2D eigenvalue weighted by molar-refractivity contribution is 0.0944. The van der Waals surface area contributed by atoms with Crippen LogP contribution >= 0.6 is 0 Å². The Labute approximate surface area is 128 Å². The molecule has 3 nitrogen and oxygen atoms in total. The molecule has 0 unspecified atom stereocenters. The number of benzene rings is 1. The summed E-state index contributed by atoms with van der Waals surface area (Å²) < 4.78 is 0. The molecule has 3 rings (SSSR count). The minimum atomic E-state index is 0.103. The molecule has 21 heavy (non-hydrogen) atoms. The van der Waals surface area contributed by atoms with Crippen LogP contribution in [-0.4, -0.2) is 31.3 Å². The van der Waals surface area contributed by atoms with E-state index in [-0.39, 0.29) is 5.41 Å². The molecule has 0 bridgehead atoms. The van der Waals surface area contributed by atoms with Crippen LogP contribution in [0.15, 0.2) is 24.3 Å². The molecule has 0 amide bonds. The Morgan fingerprint density at radius 3 is 2.24 bits per heavy atom. The molecule has 1 aromatic rings. The van der Waals surface area contributed by atoms with Gasteiger partial charge in [0.1, 0.15) is 0 Å². The van der Waals surface area contributed by atoms with Crippen molar-refractivity contribution in [2.45, 2.75) is 44.9 Å². The average molecular weight is 288 g/mol. The van der Waals surface area contributed by atoms with Crippen molar-refractivity contribution in [3.63, 3.8) is 0 Å². The van der Waals surface area contributed by atoms with E-state index in [1.165, 1.54) is 56.6 Å². The fourth-order valence-corrected chi connectivity index (χ4v) is 3.75. The Morgan fingerprint density at radius 1 is 0.952 bits per heavy atom. The lowest BCUT2D eigenvalue weighted by atomic mass is 9.74. The monoisotopic (exact) mass is 288 g/mol. The molecule has 116 valence electrons. The number of hydrogen-bond donors (Lipinski definition) is 2. The Balaban J connectivity index is 1.57. The van der Waals surface area contributed by atoms with Gasteiger partial charge < -0.3 is 15.3 Å². The van der Waals surface area contributed by atoms with Crippen molar-refractivity contribution in [3.8, 4) is 0 Å². The van der Waals surface area contributed by atoms with Crippen molar-refractivity contribution < 1.29 is 5.11 Å². The van der Waals surface area contributed by atoms with Gasteiger partial charge in [-0.1, -0.05) is 19.3 Å². The minimum Gasteiger partial charge on any atom is -0.396 e.